The number of alkyl halides is 2. The highest BCUT2D eigenvalue weighted by atomic mass is 35.5. The van der Waals surface area contributed by atoms with Crippen molar-refractivity contribution in [3.8, 4) is 5.75 Å². The van der Waals surface area contributed by atoms with Crippen molar-refractivity contribution in [1.82, 2.24) is 0 Å². The number of para-hydroxylation sites is 1. The van der Waals surface area contributed by atoms with Gasteiger partial charge in [0.2, 0.25) is 11.8 Å². The van der Waals surface area contributed by atoms with Gasteiger partial charge in [-0.1, -0.05) is 29.8 Å². The molecule has 2 aliphatic carbocycles. The lowest BCUT2D eigenvalue weighted by Crippen LogP contribution is -2.60. The van der Waals surface area contributed by atoms with Crippen LogP contribution in [0.4, 0.5) is 32.8 Å². The van der Waals surface area contributed by atoms with Crippen LogP contribution < -0.4 is 19.4 Å². The number of hydrogen-bond acceptors (Lipinski definition) is 11. The maximum absolute atomic E-state index is 14.6. The topological polar surface area (TPSA) is 194 Å². The van der Waals surface area contributed by atoms with Gasteiger partial charge in [-0.25, -0.2) is 14.2 Å². The summed E-state index contributed by atoms with van der Waals surface area (Å²) in [7, 11) is 2.75. The maximum Gasteiger partial charge on any atom is 0.301 e. The number of ether oxygens (including phenoxy) is 1. The minimum Gasteiger partial charge on any atom is -0.491 e. The number of benzene rings is 3. The first-order valence-electron chi connectivity index (χ1n) is 16.6. The number of aliphatic hydroxyl groups excluding tert-OH is 1. The van der Waals surface area contributed by atoms with Crippen LogP contribution in [-0.2, 0) is 19.2 Å². The Labute approximate surface area is 315 Å². The molecule has 15 nitrogen and oxygen atoms in total. The van der Waals surface area contributed by atoms with Gasteiger partial charge in [-0.3, -0.25) is 39.4 Å². The molecular weight excluding hydrogens is 752 g/mol. The average molecular weight is 783 g/mol. The predicted octanol–water partition coefficient (Wildman–Crippen LogP) is 4.85. The summed E-state index contributed by atoms with van der Waals surface area (Å²) >= 11 is 14.8. The van der Waals surface area contributed by atoms with Crippen LogP contribution in [-0.4, -0.2) is 75.6 Å². The Morgan fingerprint density at radius 1 is 0.907 bits per heavy atom. The van der Waals surface area contributed by atoms with Gasteiger partial charge in [0, 0.05) is 37.7 Å². The van der Waals surface area contributed by atoms with E-state index in [9.17, 15) is 48.9 Å². The van der Waals surface area contributed by atoms with E-state index >= 15 is 0 Å². The Morgan fingerprint density at radius 3 is 2.13 bits per heavy atom. The summed E-state index contributed by atoms with van der Waals surface area (Å²) in [5, 5.41) is 33.8. The van der Waals surface area contributed by atoms with Crippen LogP contribution in [0.5, 0.6) is 5.75 Å². The second kappa shape index (κ2) is 13.1. The summed E-state index contributed by atoms with van der Waals surface area (Å²) < 4.78 is 19.8. The fraction of sp³-hybridized carbons (Fsp3) is 0.333. The van der Waals surface area contributed by atoms with Crippen LogP contribution in [0.2, 0.25) is 0 Å². The van der Waals surface area contributed by atoms with Crippen molar-refractivity contribution < 1.29 is 43.3 Å². The van der Waals surface area contributed by atoms with E-state index < -0.39 is 90.5 Å². The number of halogens is 3. The van der Waals surface area contributed by atoms with E-state index in [1.807, 2.05) is 0 Å². The molecule has 1 saturated carbocycles. The zero-order valence-electron chi connectivity index (χ0n) is 28.5. The van der Waals surface area contributed by atoms with Gasteiger partial charge in [0.25, 0.3) is 11.8 Å². The lowest BCUT2D eigenvalue weighted by atomic mass is 9.56. The van der Waals surface area contributed by atoms with Crippen LogP contribution in [0.25, 0.3) is 0 Å². The number of allylic oxidation sites excluding steroid dienone is 2. The zero-order valence-corrected chi connectivity index (χ0v) is 30.0. The van der Waals surface area contributed by atoms with Crippen LogP contribution in [0, 0.1) is 43.8 Å². The Hall–Kier alpha value is -5.45. The SMILES string of the molecule is CN(C)c1c([N+](=O)[O-])cc(N2C(=O)C3CC=C4C(CC5(Cl)C(=O)N(c6ccc(F)cc6)C(=O)C5(Cl)C4c4ccccc4OCCO)C3C2=O)cc1[N+](=O)[O-]. The third-order valence-corrected chi connectivity index (χ3v) is 12.0. The van der Waals surface area contributed by atoms with Gasteiger partial charge < -0.3 is 14.7 Å². The number of nitrogens with zero attached hydrogens (tertiary/aromatic N) is 5. The van der Waals surface area contributed by atoms with Crippen molar-refractivity contribution in [2.45, 2.75) is 28.5 Å². The molecule has 0 bridgehead atoms. The Kier molecular flexibility index (Phi) is 8.98. The quantitative estimate of drug-likeness (QED) is 0.103. The number of hydrogen-bond donors (Lipinski definition) is 1. The number of amides is 4. The number of nitro benzene ring substituents is 2. The first-order valence-corrected chi connectivity index (χ1v) is 17.4. The van der Waals surface area contributed by atoms with E-state index in [2.05, 4.69) is 0 Å². The highest BCUT2D eigenvalue weighted by Crippen LogP contribution is 2.66. The van der Waals surface area contributed by atoms with Gasteiger partial charge in [-0.2, -0.15) is 0 Å². The molecule has 4 aliphatic rings. The number of fused-ring (bicyclic) bond motifs is 4. The second-order valence-electron chi connectivity index (χ2n) is 13.6. The molecule has 18 heteroatoms. The number of carbonyl (C=O) groups is 4. The highest BCUT2D eigenvalue weighted by Gasteiger charge is 2.77. The normalized spacial score (nSPS) is 27.3. The highest BCUT2D eigenvalue weighted by molar-refractivity contribution is 6.58. The van der Waals surface area contributed by atoms with Gasteiger partial charge in [0.05, 0.1) is 39.7 Å². The summed E-state index contributed by atoms with van der Waals surface area (Å²) in [5.41, 5.74) is -1.47. The molecule has 2 saturated heterocycles. The molecule has 2 aliphatic heterocycles. The van der Waals surface area contributed by atoms with E-state index in [0.29, 0.717) is 16.0 Å². The van der Waals surface area contributed by atoms with E-state index in [-0.39, 0.29) is 42.4 Å². The molecule has 0 radical (unpaired) electrons. The third-order valence-electron chi connectivity index (χ3n) is 10.6. The van der Waals surface area contributed by atoms with Crippen molar-refractivity contribution in [1.29, 1.82) is 0 Å². The largest absolute Gasteiger partial charge is 0.491 e. The minimum atomic E-state index is -2.26. The predicted molar refractivity (Wildman–Crippen MR) is 192 cm³/mol. The van der Waals surface area contributed by atoms with Crippen molar-refractivity contribution in [3.05, 3.63) is 104 Å². The summed E-state index contributed by atoms with van der Waals surface area (Å²) in [6, 6.07) is 12.8. The standard InChI is InChI=1S/C36H30Cl2FN5O10/c1-40(2)30-25(43(50)51)15-20(16-26(30)44(52)53)41-31(46)23-12-11-21-24(28(23)32(41)47)17-35(37)33(48)42(19-9-7-18(39)8-10-19)34(49)36(35,38)29(21)22-5-3-4-6-27(22)54-14-13-45/h3-11,15-16,23-24,28-29,45H,12-14,17H2,1-2H3. The third kappa shape index (κ3) is 5.18. The number of rotatable bonds is 9. The molecule has 2 heterocycles. The first kappa shape index (κ1) is 36.9. The molecular formula is C36H30Cl2FN5O10. The molecule has 280 valence electrons. The smallest absolute Gasteiger partial charge is 0.301 e. The van der Waals surface area contributed by atoms with Crippen LogP contribution >= 0.6 is 23.2 Å². The summed E-state index contributed by atoms with van der Waals surface area (Å²) in [6.45, 7) is -0.521. The summed E-state index contributed by atoms with van der Waals surface area (Å²) in [6.07, 6.45) is 1.17. The van der Waals surface area contributed by atoms with Gasteiger partial charge in [0.15, 0.2) is 15.4 Å². The number of carbonyl (C=O) groups excluding carboxylic acids is 4. The fourth-order valence-corrected chi connectivity index (χ4v) is 9.39. The number of imide groups is 2. The molecule has 3 aromatic carbocycles. The van der Waals surface area contributed by atoms with Gasteiger partial charge >= 0.3 is 11.4 Å². The Morgan fingerprint density at radius 2 is 1.54 bits per heavy atom. The van der Waals surface area contributed by atoms with E-state index in [1.54, 1.807) is 30.3 Å². The van der Waals surface area contributed by atoms with Crippen LogP contribution in [0.1, 0.15) is 24.3 Å². The fourth-order valence-electron chi connectivity index (χ4n) is 8.46. The maximum atomic E-state index is 14.6. The van der Waals surface area contributed by atoms with E-state index in [1.165, 1.54) is 31.1 Å². The van der Waals surface area contributed by atoms with Crippen molar-refractivity contribution in [2.75, 3.05) is 42.0 Å². The summed E-state index contributed by atoms with van der Waals surface area (Å²) in [4.78, 5) is 78.5. The van der Waals surface area contributed by atoms with Gasteiger partial charge in [0.1, 0.15) is 18.2 Å². The Bertz CT molecular complexity index is 2170. The monoisotopic (exact) mass is 781 g/mol. The molecule has 6 atom stereocenters. The van der Waals surface area contributed by atoms with Gasteiger partial charge in [-0.15, -0.1) is 23.2 Å². The number of anilines is 3. The number of nitro groups is 2. The van der Waals surface area contributed by atoms with E-state index in [4.69, 9.17) is 27.9 Å². The summed E-state index contributed by atoms with van der Waals surface area (Å²) in [5.74, 6) is -8.54. The van der Waals surface area contributed by atoms with Crippen molar-refractivity contribution >= 4 is 75.3 Å². The average Bonchev–Trinajstić information content (AvgIpc) is 3.48. The van der Waals surface area contributed by atoms with Crippen molar-refractivity contribution in [2.24, 2.45) is 17.8 Å². The molecule has 7 rings (SSSR count). The molecule has 0 aromatic heterocycles. The molecule has 0 spiro atoms. The molecule has 1 N–H and O–H groups in total. The van der Waals surface area contributed by atoms with Crippen LogP contribution in [0.3, 0.4) is 0 Å². The Balaban J connectivity index is 1.40. The molecule has 54 heavy (non-hydrogen) atoms. The molecule has 3 fully saturated rings. The second-order valence-corrected chi connectivity index (χ2v) is 14.9. The van der Waals surface area contributed by atoms with E-state index in [0.717, 1.165) is 29.2 Å². The molecule has 3 aromatic rings. The zero-order chi connectivity index (χ0) is 39.0. The molecule has 4 amide bonds. The number of aliphatic hydroxyl groups is 1. The first-order chi connectivity index (χ1) is 25.6. The van der Waals surface area contributed by atoms with Crippen molar-refractivity contribution in [3.63, 3.8) is 0 Å². The minimum absolute atomic E-state index is 0.0121. The lowest BCUT2D eigenvalue weighted by Gasteiger charge is -2.50. The lowest BCUT2D eigenvalue weighted by molar-refractivity contribution is -0.392. The van der Waals surface area contributed by atoms with Crippen LogP contribution in [0.15, 0.2) is 72.3 Å². The molecule has 6 unspecified atom stereocenters. The van der Waals surface area contributed by atoms with Gasteiger partial charge in [-0.05, 0) is 49.1 Å².